The lowest BCUT2D eigenvalue weighted by molar-refractivity contribution is -0.139. The maximum absolute atomic E-state index is 12.1. The predicted octanol–water partition coefficient (Wildman–Crippen LogP) is 0.243. The SMILES string of the molecule is O=C(O)CN1CCN(C(=O)CCc2cccnc2)CC1. The summed E-state index contributed by atoms with van der Waals surface area (Å²) in [4.78, 5) is 30.4. The molecule has 1 aliphatic heterocycles. The Morgan fingerprint density at radius 1 is 1.25 bits per heavy atom. The smallest absolute Gasteiger partial charge is 0.317 e. The first-order valence-corrected chi connectivity index (χ1v) is 6.76. The maximum Gasteiger partial charge on any atom is 0.317 e. The average molecular weight is 277 g/mol. The van der Waals surface area contributed by atoms with E-state index < -0.39 is 5.97 Å². The fourth-order valence-electron chi connectivity index (χ4n) is 2.30. The minimum Gasteiger partial charge on any atom is -0.480 e. The summed E-state index contributed by atoms with van der Waals surface area (Å²) in [5, 5.41) is 8.72. The van der Waals surface area contributed by atoms with E-state index in [1.807, 2.05) is 21.9 Å². The first-order chi connectivity index (χ1) is 9.65. The fraction of sp³-hybridized carbons (Fsp3) is 0.500. The highest BCUT2D eigenvalue weighted by Gasteiger charge is 2.21. The number of hydrogen-bond donors (Lipinski definition) is 1. The molecule has 0 radical (unpaired) electrons. The van der Waals surface area contributed by atoms with E-state index in [0.29, 0.717) is 39.0 Å². The molecule has 0 bridgehead atoms. The van der Waals surface area contributed by atoms with Crippen molar-refractivity contribution in [1.29, 1.82) is 0 Å². The Hall–Kier alpha value is -1.95. The van der Waals surface area contributed by atoms with Crippen molar-refractivity contribution in [3.63, 3.8) is 0 Å². The predicted molar refractivity (Wildman–Crippen MR) is 73.2 cm³/mol. The van der Waals surface area contributed by atoms with Crippen LogP contribution in [0.25, 0.3) is 0 Å². The summed E-state index contributed by atoms with van der Waals surface area (Å²) in [6.45, 7) is 2.53. The molecule has 0 aromatic carbocycles. The first kappa shape index (κ1) is 14.5. The number of piperazine rings is 1. The van der Waals surface area contributed by atoms with Crippen molar-refractivity contribution in [3.8, 4) is 0 Å². The molecule has 1 aliphatic rings. The third-order valence-electron chi connectivity index (χ3n) is 3.43. The summed E-state index contributed by atoms with van der Waals surface area (Å²) >= 11 is 0. The third kappa shape index (κ3) is 4.31. The van der Waals surface area contributed by atoms with Gasteiger partial charge in [-0.3, -0.25) is 19.5 Å². The van der Waals surface area contributed by atoms with Crippen LogP contribution in [0.1, 0.15) is 12.0 Å². The van der Waals surface area contributed by atoms with E-state index in [1.54, 1.807) is 12.4 Å². The van der Waals surface area contributed by atoms with E-state index in [9.17, 15) is 9.59 Å². The Morgan fingerprint density at radius 3 is 2.60 bits per heavy atom. The Bertz CT molecular complexity index is 456. The van der Waals surface area contributed by atoms with Gasteiger partial charge in [0.25, 0.3) is 0 Å². The minimum atomic E-state index is -0.818. The highest BCUT2D eigenvalue weighted by Crippen LogP contribution is 2.07. The number of rotatable bonds is 5. The van der Waals surface area contributed by atoms with Gasteiger partial charge in [0.1, 0.15) is 0 Å². The zero-order valence-electron chi connectivity index (χ0n) is 11.4. The van der Waals surface area contributed by atoms with Gasteiger partial charge in [0.15, 0.2) is 0 Å². The summed E-state index contributed by atoms with van der Waals surface area (Å²) in [5.74, 6) is -0.690. The van der Waals surface area contributed by atoms with Crippen LogP contribution in [0.4, 0.5) is 0 Å². The second-order valence-corrected chi connectivity index (χ2v) is 4.91. The third-order valence-corrected chi connectivity index (χ3v) is 3.43. The lowest BCUT2D eigenvalue weighted by Gasteiger charge is -2.33. The minimum absolute atomic E-state index is 0.0533. The van der Waals surface area contributed by atoms with Crippen molar-refractivity contribution in [2.75, 3.05) is 32.7 Å². The van der Waals surface area contributed by atoms with Gasteiger partial charge in [0.2, 0.25) is 5.91 Å². The Morgan fingerprint density at radius 2 is 2.00 bits per heavy atom. The molecular formula is C14H19N3O3. The summed E-state index contributed by atoms with van der Waals surface area (Å²) in [5.41, 5.74) is 1.06. The van der Waals surface area contributed by atoms with Crippen LogP contribution in [-0.4, -0.2) is 64.5 Å². The quantitative estimate of drug-likeness (QED) is 0.834. The lowest BCUT2D eigenvalue weighted by atomic mass is 10.1. The summed E-state index contributed by atoms with van der Waals surface area (Å²) in [6, 6.07) is 3.83. The molecule has 6 heteroatoms. The van der Waals surface area contributed by atoms with E-state index >= 15 is 0 Å². The number of carbonyl (C=O) groups is 2. The van der Waals surface area contributed by atoms with Crippen molar-refractivity contribution in [2.24, 2.45) is 0 Å². The Labute approximate surface area is 118 Å². The standard InChI is InChI=1S/C14H19N3O3/c18-13(4-3-12-2-1-5-15-10-12)17-8-6-16(7-9-17)11-14(19)20/h1-2,5,10H,3-4,6-9,11H2,(H,19,20). The molecule has 1 aromatic rings. The Kier molecular flexibility index (Phi) is 5.06. The number of amides is 1. The highest BCUT2D eigenvalue weighted by molar-refractivity contribution is 5.76. The number of nitrogens with zero attached hydrogens (tertiary/aromatic N) is 3. The summed E-state index contributed by atoms with van der Waals surface area (Å²) in [7, 11) is 0. The van der Waals surface area contributed by atoms with Crippen LogP contribution in [-0.2, 0) is 16.0 Å². The molecule has 0 atom stereocenters. The topological polar surface area (TPSA) is 73.7 Å². The normalized spacial score (nSPS) is 16.1. The molecule has 108 valence electrons. The number of hydrogen-bond acceptors (Lipinski definition) is 4. The number of carbonyl (C=O) groups excluding carboxylic acids is 1. The number of aryl methyl sites for hydroxylation is 1. The van der Waals surface area contributed by atoms with Gasteiger partial charge in [-0.05, 0) is 18.1 Å². The molecule has 1 N–H and O–H groups in total. The number of aromatic nitrogens is 1. The average Bonchev–Trinajstić information content (AvgIpc) is 2.46. The van der Waals surface area contributed by atoms with E-state index in [1.165, 1.54) is 0 Å². The van der Waals surface area contributed by atoms with Crippen molar-refractivity contribution in [3.05, 3.63) is 30.1 Å². The number of carboxylic acids is 1. The van der Waals surface area contributed by atoms with Crippen LogP contribution in [0, 0.1) is 0 Å². The monoisotopic (exact) mass is 277 g/mol. The van der Waals surface area contributed by atoms with Gasteiger partial charge in [-0.2, -0.15) is 0 Å². The van der Waals surface area contributed by atoms with Crippen molar-refractivity contribution in [2.45, 2.75) is 12.8 Å². The van der Waals surface area contributed by atoms with Gasteiger partial charge in [-0.15, -0.1) is 0 Å². The fourth-order valence-corrected chi connectivity index (χ4v) is 2.30. The second kappa shape index (κ2) is 7.00. The van der Waals surface area contributed by atoms with Gasteiger partial charge in [0.05, 0.1) is 6.54 Å². The number of aliphatic carboxylic acids is 1. The molecular weight excluding hydrogens is 258 g/mol. The molecule has 0 unspecified atom stereocenters. The van der Waals surface area contributed by atoms with E-state index in [0.717, 1.165) is 5.56 Å². The zero-order valence-corrected chi connectivity index (χ0v) is 11.4. The van der Waals surface area contributed by atoms with Gasteiger partial charge in [-0.25, -0.2) is 0 Å². The van der Waals surface area contributed by atoms with Crippen LogP contribution in [0.3, 0.4) is 0 Å². The van der Waals surface area contributed by atoms with Crippen LogP contribution >= 0.6 is 0 Å². The van der Waals surface area contributed by atoms with Crippen molar-refractivity contribution in [1.82, 2.24) is 14.8 Å². The Balaban J connectivity index is 1.73. The summed E-state index contributed by atoms with van der Waals surface area (Å²) in [6.07, 6.45) is 4.66. The molecule has 0 spiro atoms. The molecule has 2 rings (SSSR count). The second-order valence-electron chi connectivity index (χ2n) is 4.91. The molecule has 20 heavy (non-hydrogen) atoms. The van der Waals surface area contributed by atoms with E-state index in [2.05, 4.69) is 4.98 Å². The van der Waals surface area contributed by atoms with Crippen molar-refractivity contribution < 1.29 is 14.7 Å². The van der Waals surface area contributed by atoms with E-state index in [4.69, 9.17) is 5.11 Å². The van der Waals surface area contributed by atoms with Crippen LogP contribution in [0.5, 0.6) is 0 Å². The molecule has 1 amide bonds. The lowest BCUT2D eigenvalue weighted by Crippen LogP contribution is -2.49. The van der Waals surface area contributed by atoms with Crippen LogP contribution in [0.2, 0.25) is 0 Å². The first-order valence-electron chi connectivity index (χ1n) is 6.76. The van der Waals surface area contributed by atoms with Gasteiger partial charge in [0, 0.05) is 45.0 Å². The maximum atomic E-state index is 12.1. The van der Waals surface area contributed by atoms with Gasteiger partial charge >= 0.3 is 5.97 Å². The molecule has 1 aromatic heterocycles. The van der Waals surface area contributed by atoms with Crippen molar-refractivity contribution >= 4 is 11.9 Å². The van der Waals surface area contributed by atoms with Gasteiger partial charge < -0.3 is 10.0 Å². The van der Waals surface area contributed by atoms with Crippen LogP contribution < -0.4 is 0 Å². The molecule has 0 saturated carbocycles. The number of pyridine rings is 1. The van der Waals surface area contributed by atoms with Crippen LogP contribution in [0.15, 0.2) is 24.5 Å². The molecule has 0 aliphatic carbocycles. The molecule has 2 heterocycles. The highest BCUT2D eigenvalue weighted by atomic mass is 16.4. The largest absolute Gasteiger partial charge is 0.480 e. The molecule has 1 fully saturated rings. The molecule has 6 nitrogen and oxygen atoms in total. The number of carboxylic acid groups (broad SMARTS) is 1. The summed E-state index contributed by atoms with van der Waals surface area (Å²) < 4.78 is 0. The molecule has 1 saturated heterocycles. The van der Waals surface area contributed by atoms with Gasteiger partial charge in [-0.1, -0.05) is 6.07 Å². The zero-order chi connectivity index (χ0) is 14.4. The van der Waals surface area contributed by atoms with E-state index in [-0.39, 0.29) is 12.5 Å².